The summed E-state index contributed by atoms with van der Waals surface area (Å²) in [5.74, 6) is 0.495. The second-order valence-corrected chi connectivity index (χ2v) is 8.72. The Labute approximate surface area is 244 Å². The molecule has 2 aromatic heterocycles. The van der Waals surface area contributed by atoms with Crippen molar-refractivity contribution < 1.29 is 29.0 Å². The SMILES string of the molecule is CC(=O)Oc1ccc(C(c2ccc(OC(C)=O)cc2)c2ccccn2)cc1.O=Cc1ccccn1.Oc1ccccc1. The molecule has 0 amide bonds. The lowest BCUT2D eigenvalue weighted by Crippen LogP contribution is -2.07. The van der Waals surface area contributed by atoms with Crippen LogP contribution in [0.1, 0.15) is 47.1 Å². The molecule has 0 radical (unpaired) electrons. The zero-order chi connectivity index (χ0) is 30.2. The van der Waals surface area contributed by atoms with E-state index in [4.69, 9.17) is 14.6 Å². The van der Waals surface area contributed by atoms with Gasteiger partial charge in [-0.1, -0.05) is 54.6 Å². The van der Waals surface area contributed by atoms with Crippen LogP contribution in [-0.4, -0.2) is 33.3 Å². The van der Waals surface area contributed by atoms with Crippen LogP contribution in [0.5, 0.6) is 17.2 Å². The number of hydrogen-bond acceptors (Lipinski definition) is 8. The molecule has 212 valence electrons. The number of aromatic hydroxyl groups is 1. The van der Waals surface area contributed by atoms with Crippen LogP contribution in [0.4, 0.5) is 0 Å². The van der Waals surface area contributed by atoms with Gasteiger partial charge in [0.1, 0.15) is 22.9 Å². The van der Waals surface area contributed by atoms with Gasteiger partial charge in [-0.3, -0.25) is 24.4 Å². The monoisotopic (exact) mass is 562 g/mol. The number of nitrogens with zero attached hydrogens (tertiary/aromatic N) is 2. The molecule has 0 aliphatic carbocycles. The molecule has 1 N–H and O–H groups in total. The fraction of sp³-hybridized carbons (Fsp3) is 0.0882. The fourth-order valence-corrected chi connectivity index (χ4v) is 3.74. The Balaban J connectivity index is 0.000000261. The van der Waals surface area contributed by atoms with Crippen molar-refractivity contribution in [3.63, 3.8) is 0 Å². The molecule has 0 bridgehead atoms. The highest BCUT2D eigenvalue weighted by molar-refractivity contribution is 5.71. The highest BCUT2D eigenvalue weighted by Crippen LogP contribution is 2.32. The van der Waals surface area contributed by atoms with E-state index in [0.29, 0.717) is 22.9 Å². The third-order valence-corrected chi connectivity index (χ3v) is 5.50. The van der Waals surface area contributed by atoms with E-state index in [2.05, 4.69) is 9.97 Å². The fourth-order valence-electron chi connectivity index (χ4n) is 3.74. The van der Waals surface area contributed by atoms with Gasteiger partial charge in [0.25, 0.3) is 0 Å². The van der Waals surface area contributed by atoms with Gasteiger partial charge in [0, 0.05) is 26.2 Å². The third kappa shape index (κ3) is 10.5. The number of pyridine rings is 2. The van der Waals surface area contributed by atoms with Gasteiger partial charge in [-0.2, -0.15) is 0 Å². The van der Waals surface area contributed by atoms with Crippen LogP contribution in [-0.2, 0) is 9.59 Å². The molecule has 0 spiro atoms. The van der Waals surface area contributed by atoms with Crippen LogP contribution >= 0.6 is 0 Å². The average Bonchev–Trinajstić information content (AvgIpc) is 3.00. The Morgan fingerprint density at radius 1 is 0.643 bits per heavy atom. The van der Waals surface area contributed by atoms with Crippen LogP contribution in [0.25, 0.3) is 0 Å². The minimum Gasteiger partial charge on any atom is -0.508 e. The van der Waals surface area contributed by atoms with Crippen LogP contribution in [0.15, 0.2) is 128 Å². The van der Waals surface area contributed by atoms with Gasteiger partial charge in [-0.05, 0) is 71.8 Å². The molecule has 42 heavy (non-hydrogen) atoms. The van der Waals surface area contributed by atoms with Crippen molar-refractivity contribution in [2.24, 2.45) is 0 Å². The number of para-hydroxylation sites is 1. The molecule has 0 aliphatic rings. The maximum absolute atomic E-state index is 11.1. The third-order valence-electron chi connectivity index (χ3n) is 5.50. The predicted molar refractivity (Wildman–Crippen MR) is 158 cm³/mol. The first kappa shape index (κ1) is 30.9. The van der Waals surface area contributed by atoms with Crippen molar-refractivity contribution in [3.8, 4) is 17.2 Å². The van der Waals surface area contributed by atoms with Crippen molar-refractivity contribution in [1.29, 1.82) is 0 Å². The van der Waals surface area contributed by atoms with Gasteiger partial charge >= 0.3 is 11.9 Å². The van der Waals surface area contributed by atoms with Gasteiger partial charge in [0.05, 0.1) is 11.6 Å². The summed E-state index contributed by atoms with van der Waals surface area (Å²) in [6, 6.07) is 34.4. The zero-order valence-corrected chi connectivity index (χ0v) is 23.2. The second-order valence-electron chi connectivity index (χ2n) is 8.72. The van der Waals surface area contributed by atoms with Gasteiger partial charge in [-0.15, -0.1) is 0 Å². The molecule has 8 nitrogen and oxygen atoms in total. The van der Waals surface area contributed by atoms with Gasteiger partial charge in [0.2, 0.25) is 0 Å². The van der Waals surface area contributed by atoms with E-state index in [1.165, 1.54) is 13.8 Å². The second kappa shape index (κ2) is 16.5. The number of carbonyl (C=O) groups excluding carboxylic acids is 3. The summed E-state index contributed by atoms with van der Waals surface area (Å²) in [5.41, 5.74) is 3.38. The first-order valence-electron chi connectivity index (χ1n) is 12.9. The molecule has 5 rings (SSSR count). The van der Waals surface area contributed by atoms with Crippen LogP contribution < -0.4 is 9.47 Å². The molecule has 2 heterocycles. The number of benzene rings is 3. The number of rotatable bonds is 6. The first-order valence-corrected chi connectivity index (χ1v) is 12.9. The van der Waals surface area contributed by atoms with Crippen molar-refractivity contribution in [2.45, 2.75) is 19.8 Å². The van der Waals surface area contributed by atoms with Crippen LogP contribution in [0, 0.1) is 0 Å². The maximum Gasteiger partial charge on any atom is 0.308 e. The Kier molecular flexibility index (Phi) is 12.1. The van der Waals surface area contributed by atoms with Gasteiger partial charge < -0.3 is 14.6 Å². The smallest absolute Gasteiger partial charge is 0.308 e. The number of carbonyl (C=O) groups is 3. The van der Waals surface area contributed by atoms with Crippen LogP contribution in [0.2, 0.25) is 0 Å². The highest BCUT2D eigenvalue weighted by atomic mass is 16.5. The lowest BCUT2D eigenvalue weighted by Gasteiger charge is -2.18. The zero-order valence-electron chi connectivity index (χ0n) is 23.2. The van der Waals surface area contributed by atoms with Crippen molar-refractivity contribution in [3.05, 3.63) is 150 Å². The van der Waals surface area contributed by atoms with Crippen LogP contribution in [0.3, 0.4) is 0 Å². The summed E-state index contributed by atoms with van der Waals surface area (Å²) in [7, 11) is 0. The van der Waals surface area contributed by atoms with E-state index >= 15 is 0 Å². The molecular formula is C34H30N2O6. The summed E-state index contributed by atoms with van der Waals surface area (Å²) >= 11 is 0. The molecular weight excluding hydrogens is 532 g/mol. The van der Waals surface area contributed by atoms with Crippen molar-refractivity contribution in [1.82, 2.24) is 9.97 Å². The minimum absolute atomic E-state index is 0.107. The summed E-state index contributed by atoms with van der Waals surface area (Å²) in [5, 5.41) is 8.63. The number of phenols is 1. The van der Waals surface area contributed by atoms with E-state index in [0.717, 1.165) is 23.1 Å². The molecule has 0 saturated heterocycles. The van der Waals surface area contributed by atoms with E-state index in [1.807, 2.05) is 48.5 Å². The topological polar surface area (TPSA) is 116 Å². The molecule has 0 saturated carbocycles. The number of esters is 2. The minimum atomic E-state index is -0.356. The Bertz CT molecular complexity index is 1470. The van der Waals surface area contributed by atoms with Gasteiger partial charge in [-0.25, -0.2) is 0 Å². The first-order chi connectivity index (χ1) is 20.4. The summed E-state index contributed by atoms with van der Waals surface area (Å²) in [6.45, 7) is 2.74. The molecule has 8 heteroatoms. The lowest BCUT2D eigenvalue weighted by molar-refractivity contribution is -0.132. The molecule has 5 aromatic rings. The number of aldehydes is 1. The average molecular weight is 563 g/mol. The highest BCUT2D eigenvalue weighted by Gasteiger charge is 2.18. The number of aromatic nitrogens is 2. The molecule has 0 aliphatic heterocycles. The largest absolute Gasteiger partial charge is 0.508 e. The Morgan fingerprint density at radius 2 is 1.12 bits per heavy atom. The molecule has 0 unspecified atom stereocenters. The predicted octanol–water partition coefficient (Wildman–Crippen LogP) is 6.40. The summed E-state index contributed by atoms with van der Waals surface area (Å²) in [4.78, 5) is 40.4. The molecule has 0 atom stereocenters. The maximum atomic E-state index is 11.1. The van der Waals surface area contributed by atoms with Crippen molar-refractivity contribution >= 4 is 18.2 Å². The lowest BCUT2D eigenvalue weighted by atomic mass is 9.88. The summed E-state index contributed by atoms with van der Waals surface area (Å²) in [6.07, 6.45) is 4.06. The Hall–Kier alpha value is -5.63. The van der Waals surface area contributed by atoms with Crippen molar-refractivity contribution in [2.75, 3.05) is 0 Å². The van der Waals surface area contributed by atoms with E-state index in [9.17, 15) is 14.4 Å². The number of phenolic OH excluding ortho intramolecular Hbond substituents is 1. The van der Waals surface area contributed by atoms with E-state index in [1.54, 1.807) is 79.1 Å². The number of hydrogen-bond donors (Lipinski definition) is 1. The normalized spacial score (nSPS) is 9.79. The van der Waals surface area contributed by atoms with E-state index in [-0.39, 0.29) is 17.9 Å². The van der Waals surface area contributed by atoms with E-state index < -0.39 is 0 Å². The quantitative estimate of drug-likeness (QED) is 0.144. The standard InChI is InChI=1S/C22H19NO4.C6H5NO.C6H6O/c1-15(24)26-19-10-6-17(7-11-19)22(21-5-3-4-14-23-21)18-8-12-20(13-9-18)27-16(2)25;8-5-6-3-1-2-4-7-6;7-6-4-2-1-3-5-6/h3-14,22H,1-2H3;1-5H;1-5,7H. The van der Waals surface area contributed by atoms with Gasteiger partial charge in [0.15, 0.2) is 6.29 Å². The number of ether oxygens (including phenoxy) is 2. The summed E-state index contributed by atoms with van der Waals surface area (Å²) < 4.78 is 10.2. The Morgan fingerprint density at radius 3 is 1.45 bits per heavy atom. The molecule has 0 fully saturated rings. The molecule has 3 aromatic carbocycles.